The van der Waals surface area contributed by atoms with Crippen molar-refractivity contribution in [1.29, 1.82) is 0 Å². The van der Waals surface area contributed by atoms with Gasteiger partial charge in [-0.3, -0.25) is 0 Å². The van der Waals surface area contributed by atoms with Crippen LogP contribution < -0.4 is 5.32 Å². The lowest BCUT2D eigenvalue weighted by molar-refractivity contribution is 0.513. The van der Waals surface area contributed by atoms with Gasteiger partial charge in [-0.1, -0.05) is 6.07 Å². The van der Waals surface area contributed by atoms with Gasteiger partial charge >= 0.3 is 0 Å². The molecular formula is C13H13F2NO. The highest BCUT2D eigenvalue weighted by molar-refractivity contribution is 5.49. The van der Waals surface area contributed by atoms with E-state index in [1.807, 2.05) is 6.92 Å². The van der Waals surface area contributed by atoms with Crippen molar-refractivity contribution >= 4 is 5.69 Å². The van der Waals surface area contributed by atoms with Crippen LogP contribution in [-0.4, -0.2) is 0 Å². The zero-order valence-electron chi connectivity index (χ0n) is 9.68. The van der Waals surface area contributed by atoms with Gasteiger partial charge in [0.1, 0.15) is 17.3 Å². The van der Waals surface area contributed by atoms with Crippen molar-refractivity contribution in [3.05, 3.63) is 53.0 Å². The minimum atomic E-state index is -0.600. The molecule has 0 amide bonds. The van der Waals surface area contributed by atoms with E-state index in [0.29, 0.717) is 11.3 Å². The summed E-state index contributed by atoms with van der Waals surface area (Å²) < 4.78 is 32.3. The normalized spacial score (nSPS) is 10.6. The maximum atomic E-state index is 13.7. The largest absolute Gasteiger partial charge is 0.467 e. The summed E-state index contributed by atoms with van der Waals surface area (Å²) >= 11 is 0. The summed E-state index contributed by atoms with van der Waals surface area (Å²) in [6.07, 6.45) is 1.55. The van der Waals surface area contributed by atoms with Gasteiger partial charge in [0.25, 0.3) is 0 Å². The first-order valence-corrected chi connectivity index (χ1v) is 5.31. The first-order chi connectivity index (χ1) is 8.09. The van der Waals surface area contributed by atoms with Gasteiger partial charge in [-0.15, -0.1) is 0 Å². The lowest BCUT2D eigenvalue weighted by Gasteiger charge is -2.09. The number of aryl methyl sites for hydroxylation is 2. The average Bonchev–Trinajstić information content (AvgIpc) is 2.70. The Labute approximate surface area is 98.3 Å². The molecule has 2 rings (SSSR count). The van der Waals surface area contributed by atoms with Gasteiger partial charge < -0.3 is 9.73 Å². The van der Waals surface area contributed by atoms with Crippen LogP contribution in [0.4, 0.5) is 14.5 Å². The Hall–Kier alpha value is -1.84. The van der Waals surface area contributed by atoms with Crippen molar-refractivity contribution in [3.63, 3.8) is 0 Å². The minimum Gasteiger partial charge on any atom is -0.467 e. The fourth-order valence-corrected chi connectivity index (χ4v) is 1.57. The van der Waals surface area contributed by atoms with Crippen LogP contribution in [0.15, 0.2) is 28.9 Å². The number of rotatable bonds is 3. The number of anilines is 1. The topological polar surface area (TPSA) is 25.2 Å². The van der Waals surface area contributed by atoms with Gasteiger partial charge in [0.15, 0.2) is 5.82 Å². The summed E-state index contributed by atoms with van der Waals surface area (Å²) in [5.41, 5.74) is 1.25. The van der Waals surface area contributed by atoms with Gasteiger partial charge in [0.2, 0.25) is 0 Å². The average molecular weight is 237 g/mol. The third-order valence-corrected chi connectivity index (χ3v) is 2.68. The Morgan fingerprint density at radius 2 is 1.88 bits per heavy atom. The molecule has 1 aromatic carbocycles. The van der Waals surface area contributed by atoms with E-state index in [0.717, 1.165) is 5.56 Å². The van der Waals surface area contributed by atoms with Crippen LogP contribution >= 0.6 is 0 Å². The number of hydrogen-bond donors (Lipinski definition) is 1. The summed E-state index contributed by atoms with van der Waals surface area (Å²) in [4.78, 5) is 0. The summed E-state index contributed by atoms with van der Waals surface area (Å²) in [5, 5.41) is 2.72. The van der Waals surface area contributed by atoms with Crippen LogP contribution in [-0.2, 0) is 6.54 Å². The molecular weight excluding hydrogens is 224 g/mol. The number of hydrogen-bond acceptors (Lipinski definition) is 2. The van der Waals surface area contributed by atoms with Gasteiger partial charge in [0.05, 0.1) is 12.8 Å². The SMILES string of the molecule is Cc1ccoc1CNc1c(F)ccc(C)c1F. The molecule has 0 aliphatic heterocycles. The van der Waals surface area contributed by atoms with Gasteiger partial charge in [-0.2, -0.15) is 0 Å². The van der Waals surface area contributed by atoms with E-state index in [9.17, 15) is 8.78 Å². The van der Waals surface area contributed by atoms with Crippen LogP contribution in [0.3, 0.4) is 0 Å². The molecule has 1 N–H and O–H groups in total. The van der Waals surface area contributed by atoms with Crippen molar-refractivity contribution in [2.24, 2.45) is 0 Å². The molecule has 0 bridgehead atoms. The molecule has 0 spiro atoms. The quantitative estimate of drug-likeness (QED) is 0.878. The fraction of sp³-hybridized carbons (Fsp3) is 0.231. The fourth-order valence-electron chi connectivity index (χ4n) is 1.57. The summed E-state index contributed by atoms with van der Waals surface area (Å²) in [7, 11) is 0. The second-order valence-corrected chi connectivity index (χ2v) is 3.93. The van der Waals surface area contributed by atoms with Crippen molar-refractivity contribution in [2.45, 2.75) is 20.4 Å². The predicted molar refractivity (Wildman–Crippen MR) is 61.9 cm³/mol. The molecule has 0 radical (unpaired) electrons. The van der Waals surface area contributed by atoms with Gasteiger partial charge in [-0.25, -0.2) is 8.78 Å². The zero-order valence-corrected chi connectivity index (χ0v) is 9.68. The Morgan fingerprint density at radius 3 is 2.53 bits per heavy atom. The highest BCUT2D eigenvalue weighted by Crippen LogP contribution is 2.22. The second-order valence-electron chi connectivity index (χ2n) is 3.93. The number of nitrogens with one attached hydrogen (secondary N) is 1. The molecule has 90 valence electrons. The third kappa shape index (κ3) is 2.30. The molecule has 2 aromatic rings. The van der Waals surface area contributed by atoms with E-state index in [-0.39, 0.29) is 12.2 Å². The lowest BCUT2D eigenvalue weighted by atomic mass is 10.2. The summed E-state index contributed by atoms with van der Waals surface area (Å²) in [5.74, 6) is -0.489. The highest BCUT2D eigenvalue weighted by atomic mass is 19.1. The van der Waals surface area contributed by atoms with Gasteiger partial charge in [-0.05, 0) is 37.1 Å². The Balaban J connectivity index is 2.20. The monoisotopic (exact) mass is 237 g/mol. The predicted octanol–water partition coefficient (Wildman–Crippen LogP) is 3.79. The van der Waals surface area contributed by atoms with Crippen molar-refractivity contribution in [3.8, 4) is 0 Å². The molecule has 0 fully saturated rings. The molecule has 0 aliphatic rings. The lowest BCUT2D eigenvalue weighted by Crippen LogP contribution is -2.05. The molecule has 0 atom stereocenters. The number of benzene rings is 1. The van der Waals surface area contributed by atoms with Crippen LogP contribution in [0.2, 0.25) is 0 Å². The maximum Gasteiger partial charge on any atom is 0.152 e. The highest BCUT2D eigenvalue weighted by Gasteiger charge is 2.12. The molecule has 2 nitrogen and oxygen atoms in total. The molecule has 0 aliphatic carbocycles. The molecule has 0 saturated carbocycles. The summed E-state index contributed by atoms with van der Waals surface area (Å²) in [6.45, 7) is 3.73. The molecule has 17 heavy (non-hydrogen) atoms. The second kappa shape index (κ2) is 4.57. The van der Waals surface area contributed by atoms with E-state index >= 15 is 0 Å². The number of halogens is 2. The van der Waals surface area contributed by atoms with E-state index in [1.165, 1.54) is 12.1 Å². The Morgan fingerprint density at radius 1 is 1.12 bits per heavy atom. The smallest absolute Gasteiger partial charge is 0.152 e. The maximum absolute atomic E-state index is 13.7. The van der Waals surface area contributed by atoms with Crippen molar-refractivity contribution < 1.29 is 13.2 Å². The van der Waals surface area contributed by atoms with Gasteiger partial charge in [0, 0.05) is 0 Å². The first kappa shape index (κ1) is 11.6. The van der Waals surface area contributed by atoms with Crippen LogP contribution in [0.5, 0.6) is 0 Å². The molecule has 0 saturated heterocycles. The zero-order chi connectivity index (χ0) is 12.4. The van der Waals surface area contributed by atoms with Crippen molar-refractivity contribution in [2.75, 3.05) is 5.32 Å². The van der Waals surface area contributed by atoms with Crippen molar-refractivity contribution in [1.82, 2.24) is 0 Å². The Bertz CT molecular complexity index is 534. The van der Waals surface area contributed by atoms with E-state index in [1.54, 1.807) is 19.3 Å². The summed E-state index contributed by atoms with van der Waals surface area (Å²) in [6, 6.07) is 4.46. The number of furan rings is 1. The Kier molecular flexibility index (Phi) is 3.13. The first-order valence-electron chi connectivity index (χ1n) is 5.31. The minimum absolute atomic E-state index is 0.110. The van der Waals surface area contributed by atoms with E-state index in [2.05, 4.69) is 5.32 Å². The third-order valence-electron chi connectivity index (χ3n) is 2.68. The molecule has 1 heterocycles. The van der Waals surface area contributed by atoms with Crippen LogP contribution in [0.1, 0.15) is 16.9 Å². The van der Waals surface area contributed by atoms with Crippen LogP contribution in [0, 0.1) is 25.5 Å². The van der Waals surface area contributed by atoms with E-state index in [4.69, 9.17) is 4.42 Å². The van der Waals surface area contributed by atoms with Crippen LogP contribution in [0.25, 0.3) is 0 Å². The van der Waals surface area contributed by atoms with E-state index < -0.39 is 11.6 Å². The molecule has 1 aromatic heterocycles. The molecule has 0 unspecified atom stereocenters. The molecule has 4 heteroatoms. The standard InChI is InChI=1S/C13H13F2NO/c1-8-5-6-17-11(8)7-16-13-10(14)4-3-9(2)12(13)15/h3-6,16H,7H2,1-2H3.